The average molecular weight is 478 g/mol. The second-order valence-electron chi connectivity index (χ2n) is 10.8. The number of benzene rings is 1. The predicted octanol–water partition coefficient (Wildman–Crippen LogP) is 5.10. The van der Waals surface area contributed by atoms with Crippen molar-refractivity contribution in [2.24, 2.45) is 17.3 Å². The molecule has 1 aromatic carbocycles. The Bertz CT molecular complexity index is 1130. The normalized spacial score (nSPS) is 33.8. The number of fused-ring (bicyclic) bond motifs is 4. The van der Waals surface area contributed by atoms with Crippen LogP contribution in [0.4, 0.5) is 5.69 Å². The topological polar surface area (TPSA) is 81.7 Å². The van der Waals surface area contributed by atoms with Crippen molar-refractivity contribution in [1.29, 1.82) is 0 Å². The van der Waals surface area contributed by atoms with Crippen molar-refractivity contribution >= 4 is 23.4 Å². The molecule has 0 spiro atoms. The minimum atomic E-state index is -1.28. The molecular formula is C29H35NO5. The molecule has 186 valence electrons. The van der Waals surface area contributed by atoms with E-state index in [1.54, 1.807) is 0 Å². The van der Waals surface area contributed by atoms with Gasteiger partial charge < -0.3 is 14.8 Å². The second kappa shape index (κ2) is 8.65. The van der Waals surface area contributed by atoms with Crippen molar-refractivity contribution in [1.82, 2.24) is 0 Å². The average Bonchev–Trinajstić information content (AvgIpc) is 3.14. The smallest absolute Gasteiger partial charge is 0.350 e. The van der Waals surface area contributed by atoms with Gasteiger partial charge >= 0.3 is 11.9 Å². The lowest BCUT2D eigenvalue weighted by molar-refractivity contribution is -0.198. The van der Waals surface area contributed by atoms with Crippen molar-refractivity contribution in [2.45, 2.75) is 70.3 Å². The molecule has 0 heterocycles. The molecule has 0 amide bonds. The summed E-state index contributed by atoms with van der Waals surface area (Å²) in [6.45, 7) is 3.51. The number of carbonyl (C=O) groups is 3. The van der Waals surface area contributed by atoms with Crippen LogP contribution in [0, 0.1) is 17.3 Å². The monoisotopic (exact) mass is 477 g/mol. The highest BCUT2D eigenvalue weighted by molar-refractivity contribution is 5.93. The Morgan fingerprint density at radius 1 is 1.09 bits per heavy atom. The first-order valence-electron chi connectivity index (χ1n) is 12.8. The quantitative estimate of drug-likeness (QED) is 0.608. The Kier molecular flexibility index (Phi) is 5.89. The Hall–Kier alpha value is -2.89. The number of rotatable bonds is 4. The van der Waals surface area contributed by atoms with Crippen LogP contribution in [0.15, 0.2) is 47.1 Å². The van der Waals surface area contributed by atoms with E-state index in [0.29, 0.717) is 19.3 Å². The van der Waals surface area contributed by atoms with Crippen molar-refractivity contribution in [2.75, 3.05) is 19.5 Å². The standard InChI is InChI=1S/C29H35NO5/c1-17(31)35-29(27(33)34-4)14-13-25-23-11-7-19-15-21(32)10-12-22(19)26(23)24(16-28(25,29)2)18-5-8-20(30-3)9-6-18/h5-6,8-9,15,23-25,30H,7,10-14,16H2,1-4H3/t23-,24?,25-,28-,29-/m0/s1. The van der Waals surface area contributed by atoms with Crippen LogP contribution >= 0.6 is 0 Å². The molecule has 0 aromatic heterocycles. The molecule has 2 saturated carbocycles. The van der Waals surface area contributed by atoms with Crippen LogP contribution in [-0.4, -0.2) is 37.5 Å². The van der Waals surface area contributed by atoms with Crippen LogP contribution in [0.5, 0.6) is 0 Å². The number of esters is 2. The van der Waals surface area contributed by atoms with E-state index in [1.807, 2.05) is 13.1 Å². The largest absolute Gasteiger partial charge is 0.466 e. The van der Waals surface area contributed by atoms with Gasteiger partial charge in [-0.05, 0) is 85.3 Å². The highest BCUT2D eigenvalue weighted by atomic mass is 16.6. The molecule has 0 aliphatic heterocycles. The van der Waals surface area contributed by atoms with Gasteiger partial charge in [-0.3, -0.25) is 9.59 Å². The number of methoxy groups -OCH3 is 1. The summed E-state index contributed by atoms with van der Waals surface area (Å²) in [6.07, 6.45) is 7.01. The first-order valence-corrected chi connectivity index (χ1v) is 12.8. The van der Waals surface area contributed by atoms with Gasteiger partial charge in [0.15, 0.2) is 5.78 Å². The lowest BCUT2D eigenvalue weighted by atomic mass is 9.51. The Morgan fingerprint density at radius 2 is 1.83 bits per heavy atom. The molecule has 6 nitrogen and oxygen atoms in total. The predicted molar refractivity (Wildman–Crippen MR) is 133 cm³/mol. The lowest BCUT2D eigenvalue weighted by Gasteiger charge is -2.54. The minimum absolute atomic E-state index is 0.0803. The van der Waals surface area contributed by atoms with Crippen LogP contribution < -0.4 is 5.32 Å². The number of hydrogen-bond donors (Lipinski definition) is 1. The van der Waals surface area contributed by atoms with Crippen molar-refractivity contribution in [3.8, 4) is 0 Å². The third kappa shape index (κ3) is 3.56. The molecule has 0 bridgehead atoms. The molecule has 0 saturated heterocycles. The molecule has 0 radical (unpaired) electrons. The van der Waals surface area contributed by atoms with E-state index in [0.717, 1.165) is 31.4 Å². The highest BCUT2D eigenvalue weighted by Crippen LogP contribution is 2.67. The SMILES string of the molecule is CNc1ccc(C2C[C@@]3(C)[C@@H](CC[C@]3(OC(C)=O)C(=O)OC)[C@@H]3CCC4=CC(=O)CCC4=C23)cc1. The van der Waals surface area contributed by atoms with Crippen LogP contribution in [0.3, 0.4) is 0 Å². The summed E-state index contributed by atoms with van der Waals surface area (Å²) in [4.78, 5) is 37.8. The molecule has 1 aromatic rings. The Balaban J connectivity index is 1.69. The van der Waals surface area contributed by atoms with Gasteiger partial charge in [0.1, 0.15) is 0 Å². The summed E-state index contributed by atoms with van der Waals surface area (Å²) in [7, 11) is 3.28. The molecule has 5 rings (SSSR count). The maximum Gasteiger partial charge on any atom is 0.350 e. The summed E-state index contributed by atoms with van der Waals surface area (Å²) in [5.41, 5.74) is 4.40. The molecule has 1 N–H and O–H groups in total. The van der Waals surface area contributed by atoms with Crippen LogP contribution in [-0.2, 0) is 23.9 Å². The van der Waals surface area contributed by atoms with Gasteiger partial charge in [-0.2, -0.15) is 0 Å². The maximum absolute atomic E-state index is 13.3. The zero-order valence-electron chi connectivity index (χ0n) is 21.1. The van der Waals surface area contributed by atoms with Gasteiger partial charge in [0, 0.05) is 37.4 Å². The van der Waals surface area contributed by atoms with Crippen molar-refractivity contribution < 1.29 is 23.9 Å². The van der Waals surface area contributed by atoms with Crippen molar-refractivity contribution in [3.05, 3.63) is 52.6 Å². The maximum atomic E-state index is 13.3. The highest BCUT2D eigenvalue weighted by Gasteiger charge is 2.69. The van der Waals surface area contributed by atoms with E-state index < -0.39 is 23.0 Å². The summed E-state index contributed by atoms with van der Waals surface area (Å²) >= 11 is 0. The van der Waals surface area contributed by atoms with Crippen LogP contribution in [0.25, 0.3) is 0 Å². The summed E-state index contributed by atoms with van der Waals surface area (Å²) in [5, 5.41) is 3.19. The number of ketones is 1. The van der Waals surface area contributed by atoms with Gasteiger partial charge in [-0.25, -0.2) is 4.79 Å². The number of nitrogens with one attached hydrogen (secondary N) is 1. The number of carbonyl (C=O) groups excluding carboxylic acids is 3. The van der Waals surface area contributed by atoms with Crippen LogP contribution in [0.1, 0.15) is 70.3 Å². The number of ether oxygens (including phenoxy) is 2. The second-order valence-corrected chi connectivity index (χ2v) is 10.8. The van der Waals surface area contributed by atoms with Crippen molar-refractivity contribution in [3.63, 3.8) is 0 Å². The molecule has 2 fully saturated rings. The summed E-state index contributed by atoms with van der Waals surface area (Å²) in [5.74, 6) is -0.107. The molecule has 4 aliphatic rings. The molecule has 1 unspecified atom stereocenters. The van der Waals surface area contributed by atoms with E-state index >= 15 is 0 Å². The summed E-state index contributed by atoms with van der Waals surface area (Å²) in [6, 6.07) is 8.50. The molecular weight excluding hydrogens is 442 g/mol. The molecule has 35 heavy (non-hydrogen) atoms. The number of anilines is 1. The fourth-order valence-electron chi connectivity index (χ4n) is 7.78. The van der Waals surface area contributed by atoms with E-state index in [2.05, 4.69) is 36.5 Å². The van der Waals surface area contributed by atoms with Crippen LogP contribution in [0.2, 0.25) is 0 Å². The molecule has 6 heteroatoms. The van der Waals surface area contributed by atoms with E-state index in [4.69, 9.17) is 9.47 Å². The zero-order valence-corrected chi connectivity index (χ0v) is 21.1. The first-order chi connectivity index (χ1) is 16.7. The lowest BCUT2D eigenvalue weighted by Crippen LogP contribution is -2.58. The summed E-state index contributed by atoms with van der Waals surface area (Å²) < 4.78 is 11.2. The van der Waals surface area contributed by atoms with E-state index in [9.17, 15) is 14.4 Å². The number of allylic oxidation sites excluding steroid dienone is 4. The number of hydrogen-bond acceptors (Lipinski definition) is 6. The Labute approximate surface area is 207 Å². The van der Waals surface area contributed by atoms with Gasteiger partial charge in [-0.1, -0.05) is 24.6 Å². The Morgan fingerprint density at radius 3 is 2.49 bits per heavy atom. The van der Waals surface area contributed by atoms with E-state index in [1.165, 1.54) is 36.3 Å². The first kappa shape index (κ1) is 23.8. The zero-order chi connectivity index (χ0) is 25.0. The fraction of sp³-hybridized carbons (Fsp3) is 0.552. The van der Waals surface area contributed by atoms with Gasteiger partial charge in [-0.15, -0.1) is 0 Å². The third-order valence-corrected chi connectivity index (χ3v) is 9.29. The van der Waals surface area contributed by atoms with E-state index in [-0.39, 0.29) is 23.5 Å². The van der Waals surface area contributed by atoms with Gasteiger partial charge in [0.05, 0.1) is 7.11 Å². The minimum Gasteiger partial charge on any atom is -0.466 e. The van der Waals surface area contributed by atoms with Gasteiger partial charge in [0.2, 0.25) is 5.60 Å². The fourth-order valence-corrected chi connectivity index (χ4v) is 7.78. The molecule has 4 aliphatic carbocycles. The molecule has 5 atom stereocenters. The van der Waals surface area contributed by atoms with Gasteiger partial charge in [0.25, 0.3) is 0 Å². The third-order valence-electron chi connectivity index (χ3n) is 9.29.